The molecule has 2 aromatic rings. The van der Waals surface area contributed by atoms with E-state index in [2.05, 4.69) is 33.5 Å². The van der Waals surface area contributed by atoms with Crippen molar-refractivity contribution in [2.24, 2.45) is 0 Å². The van der Waals surface area contributed by atoms with Gasteiger partial charge in [-0.3, -0.25) is 14.6 Å². The molecule has 0 radical (unpaired) electrons. The third kappa shape index (κ3) is 4.82. The summed E-state index contributed by atoms with van der Waals surface area (Å²) in [5.41, 5.74) is 1.40. The number of hydrogen-bond acceptors (Lipinski definition) is 5. The van der Waals surface area contributed by atoms with Gasteiger partial charge in [-0.15, -0.1) is 11.3 Å². The number of para-hydroxylation sites is 1. The number of likely N-dealkylation sites (tertiary alicyclic amines) is 2. The van der Waals surface area contributed by atoms with Gasteiger partial charge < -0.3 is 10.1 Å². The zero-order valence-corrected chi connectivity index (χ0v) is 18.2. The van der Waals surface area contributed by atoms with E-state index >= 15 is 0 Å². The van der Waals surface area contributed by atoms with Crippen molar-refractivity contribution in [3.05, 3.63) is 52.2 Å². The van der Waals surface area contributed by atoms with Crippen molar-refractivity contribution in [2.75, 3.05) is 26.7 Å². The third-order valence-electron chi connectivity index (χ3n) is 6.26. The van der Waals surface area contributed by atoms with E-state index in [0.29, 0.717) is 6.04 Å². The Balaban J connectivity index is 1.37. The molecule has 1 amide bonds. The standard InChI is InChI=1S/C23H31N3O2S/c1-17-10-13-29-22(17)16-25-11-8-18(9-12-25)26-15-20(14-21(26)23(27)24-2)28-19-6-4-3-5-7-19/h3-7,10,13,18,20-21H,8-9,11-12,14-16H2,1-2H3,(H,24,27)/t20-,21-/m0/s1. The third-order valence-corrected chi connectivity index (χ3v) is 7.27. The van der Waals surface area contributed by atoms with E-state index in [1.807, 2.05) is 41.7 Å². The lowest BCUT2D eigenvalue weighted by molar-refractivity contribution is -0.126. The molecule has 2 fully saturated rings. The average molecular weight is 414 g/mol. The molecule has 2 atom stereocenters. The molecular formula is C23H31N3O2S. The highest BCUT2D eigenvalue weighted by Gasteiger charge is 2.41. The molecule has 4 rings (SSSR count). The van der Waals surface area contributed by atoms with Crippen LogP contribution in [0.5, 0.6) is 5.75 Å². The van der Waals surface area contributed by atoms with Gasteiger partial charge in [0.25, 0.3) is 0 Å². The Morgan fingerprint density at radius 1 is 1.21 bits per heavy atom. The summed E-state index contributed by atoms with van der Waals surface area (Å²) in [7, 11) is 1.73. The van der Waals surface area contributed by atoms with Gasteiger partial charge in [-0.2, -0.15) is 0 Å². The van der Waals surface area contributed by atoms with Gasteiger partial charge in [0, 0.05) is 50.6 Å². The molecule has 1 aromatic heterocycles. The molecule has 2 aliphatic rings. The minimum Gasteiger partial charge on any atom is -0.489 e. The van der Waals surface area contributed by atoms with Crippen molar-refractivity contribution in [1.82, 2.24) is 15.1 Å². The number of thiophene rings is 1. The van der Waals surface area contributed by atoms with Crippen molar-refractivity contribution >= 4 is 17.2 Å². The van der Waals surface area contributed by atoms with Crippen molar-refractivity contribution in [3.63, 3.8) is 0 Å². The first-order chi connectivity index (χ1) is 14.1. The average Bonchev–Trinajstić information content (AvgIpc) is 3.35. The Morgan fingerprint density at radius 3 is 2.62 bits per heavy atom. The number of amides is 1. The molecule has 0 unspecified atom stereocenters. The van der Waals surface area contributed by atoms with Crippen LogP contribution in [0.15, 0.2) is 41.8 Å². The predicted octanol–water partition coefficient (Wildman–Crippen LogP) is 3.29. The van der Waals surface area contributed by atoms with Crippen molar-refractivity contribution in [3.8, 4) is 5.75 Å². The van der Waals surface area contributed by atoms with Gasteiger partial charge in [-0.1, -0.05) is 18.2 Å². The van der Waals surface area contributed by atoms with Crippen LogP contribution in [0.1, 0.15) is 29.7 Å². The molecule has 0 bridgehead atoms. The molecule has 0 saturated carbocycles. The first-order valence-corrected chi connectivity index (χ1v) is 11.5. The van der Waals surface area contributed by atoms with E-state index in [-0.39, 0.29) is 18.1 Å². The van der Waals surface area contributed by atoms with Crippen LogP contribution in [0.2, 0.25) is 0 Å². The summed E-state index contributed by atoms with van der Waals surface area (Å²) >= 11 is 1.86. The molecule has 0 spiro atoms. The second kappa shape index (κ2) is 9.28. The molecule has 3 heterocycles. The van der Waals surface area contributed by atoms with E-state index < -0.39 is 0 Å². The number of hydrogen-bond donors (Lipinski definition) is 1. The van der Waals surface area contributed by atoms with Gasteiger partial charge in [-0.25, -0.2) is 0 Å². The van der Waals surface area contributed by atoms with Crippen LogP contribution in [0, 0.1) is 6.92 Å². The lowest BCUT2D eigenvalue weighted by Gasteiger charge is -2.38. The lowest BCUT2D eigenvalue weighted by Crippen LogP contribution is -2.50. The van der Waals surface area contributed by atoms with Gasteiger partial charge in [0.05, 0.1) is 6.04 Å². The molecule has 5 nitrogen and oxygen atoms in total. The first kappa shape index (κ1) is 20.4. The molecule has 2 saturated heterocycles. The normalized spacial score (nSPS) is 23.9. The topological polar surface area (TPSA) is 44.8 Å². The second-order valence-electron chi connectivity index (χ2n) is 8.15. The molecule has 29 heavy (non-hydrogen) atoms. The Bertz CT molecular complexity index is 801. The summed E-state index contributed by atoms with van der Waals surface area (Å²) in [5.74, 6) is 0.997. The van der Waals surface area contributed by atoms with E-state index in [0.717, 1.165) is 51.2 Å². The number of rotatable bonds is 6. The van der Waals surface area contributed by atoms with Crippen LogP contribution in [-0.2, 0) is 11.3 Å². The molecule has 156 valence electrons. The highest BCUT2D eigenvalue weighted by atomic mass is 32.1. The van der Waals surface area contributed by atoms with Crippen LogP contribution in [0.25, 0.3) is 0 Å². The predicted molar refractivity (Wildman–Crippen MR) is 117 cm³/mol. The molecule has 1 N–H and O–H groups in total. The lowest BCUT2D eigenvalue weighted by atomic mass is 10.0. The van der Waals surface area contributed by atoms with E-state index in [1.54, 1.807) is 7.05 Å². The number of nitrogens with one attached hydrogen (secondary N) is 1. The number of ether oxygens (including phenoxy) is 1. The summed E-state index contributed by atoms with van der Waals surface area (Å²) in [6.45, 7) is 6.24. The summed E-state index contributed by atoms with van der Waals surface area (Å²) in [5, 5.41) is 5.04. The molecule has 0 aliphatic carbocycles. The van der Waals surface area contributed by atoms with Crippen molar-refractivity contribution in [1.29, 1.82) is 0 Å². The number of benzene rings is 1. The quantitative estimate of drug-likeness (QED) is 0.789. The monoisotopic (exact) mass is 413 g/mol. The minimum absolute atomic E-state index is 0.0616. The Morgan fingerprint density at radius 2 is 1.97 bits per heavy atom. The minimum atomic E-state index is -0.0928. The fourth-order valence-corrected chi connectivity index (χ4v) is 5.55. The molecule has 2 aliphatic heterocycles. The second-order valence-corrected chi connectivity index (χ2v) is 9.15. The maximum Gasteiger partial charge on any atom is 0.237 e. The number of aryl methyl sites for hydroxylation is 1. The SMILES string of the molecule is CNC(=O)[C@@H]1C[C@H](Oc2ccccc2)CN1C1CCN(Cc2sccc2C)CC1. The number of nitrogens with zero attached hydrogens (tertiary/aromatic N) is 2. The van der Waals surface area contributed by atoms with Crippen molar-refractivity contribution < 1.29 is 9.53 Å². The van der Waals surface area contributed by atoms with Crippen molar-refractivity contribution in [2.45, 2.75) is 50.9 Å². The maximum atomic E-state index is 12.6. The molecule has 1 aromatic carbocycles. The van der Waals surface area contributed by atoms with Gasteiger partial charge in [0.1, 0.15) is 11.9 Å². The highest BCUT2D eigenvalue weighted by Crippen LogP contribution is 2.30. The molecular weight excluding hydrogens is 382 g/mol. The van der Waals surface area contributed by atoms with E-state index in [4.69, 9.17) is 4.74 Å². The zero-order chi connectivity index (χ0) is 20.2. The number of piperidine rings is 1. The Hall–Kier alpha value is -1.89. The van der Waals surface area contributed by atoms with E-state index in [9.17, 15) is 4.79 Å². The summed E-state index contributed by atoms with van der Waals surface area (Å²) in [6.07, 6.45) is 3.03. The first-order valence-electron chi connectivity index (χ1n) is 10.6. The Kier molecular flexibility index (Phi) is 6.53. The molecule has 6 heteroatoms. The zero-order valence-electron chi connectivity index (χ0n) is 17.3. The fourth-order valence-electron chi connectivity index (χ4n) is 4.60. The number of carbonyl (C=O) groups is 1. The Labute approximate surface area is 177 Å². The van der Waals surface area contributed by atoms with Crippen LogP contribution < -0.4 is 10.1 Å². The van der Waals surface area contributed by atoms with Gasteiger partial charge in [0.15, 0.2) is 0 Å². The van der Waals surface area contributed by atoms with Gasteiger partial charge in [-0.05, 0) is 48.9 Å². The van der Waals surface area contributed by atoms with Crippen LogP contribution in [-0.4, -0.2) is 60.6 Å². The summed E-state index contributed by atoms with van der Waals surface area (Å²) in [6, 6.07) is 12.5. The number of likely N-dealkylation sites (N-methyl/N-ethyl adjacent to an activating group) is 1. The summed E-state index contributed by atoms with van der Waals surface area (Å²) in [4.78, 5) is 19.0. The summed E-state index contributed by atoms with van der Waals surface area (Å²) < 4.78 is 6.19. The fraction of sp³-hybridized carbons (Fsp3) is 0.522. The van der Waals surface area contributed by atoms with Crippen LogP contribution in [0.4, 0.5) is 0 Å². The van der Waals surface area contributed by atoms with Crippen LogP contribution >= 0.6 is 11.3 Å². The maximum absolute atomic E-state index is 12.6. The number of carbonyl (C=O) groups excluding carboxylic acids is 1. The largest absolute Gasteiger partial charge is 0.489 e. The van der Waals surface area contributed by atoms with E-state index in [1.165, 1.54) is 10.4 Å². The highest BCUT2D eigenvalue weighted by molar-refractivity contribution is 7.10. The van der Waals surface area contributed by atoms with Gasteiger partial charge >= 0.3 is 0 Å². The van der Waals surface area contributed by atoms with Crippen LogP contribution in [0.3, 0.4) is 0 Å². The smallest absolute Gasteiger partial charge is 0.237 e. The van der Waals surface area contributed by atoms with Gasteiger partial charge in [0.2, 0.25) is 5.91 Å².